The van der Waals surface area contributed by atoms with Crippen molar-refractivity contribution >= 4 is 22.5 Å². The van der Waals surface area contributed by atoms with Gasteiger partial charge in [-0.3, -0.25) is 4.98 Å². The Bertz CT molecular complexity index is 470. The fourth-order valence-electron chi connectivity index (χ4n) is 1.19. The second-order valence-corrected chi connectivity index (χ2v) is 3.03. The Balaban J connectivity index is 2.97. The lowest BCUT2D eigenvalue weighted by molar-refractivity contribution is 0.468. The third-order valence-corrected chi connectivity index (χ3v) is 2.08. The first-order valence-corrected chi connectivity index (χ1v) is 4.03. The van der Waals surface area contributed by atoms with Gasteiger partial charge in [0, 0.05) is 17.6 Å². The van der Waals surface area contributed by atoms with Crippen LogP contribution in [0.5, 0.6) is 11.5 Å². The van der Waals surface area contributed by atoms with E-state index in [4.69, 9.17) is 11.6 Å². The van der Waals surface area contributed by atoms with Gasteiger partial charge in [0.1, 0.15) is 17.0 Å². The quantitative estimate of drug-likeness (QED) is 0.635. The molecule has 4 heteroatoms. The molecule has 0 aliphatic heterocycles. The molecule has 0 spiro atoms. The van der Waals surface area contributed by atoms with Crippen molar-refractivity contribution in [1.82, 2.24) is 4.98 Å². The Morgan fingerprint density at radius 2 is 2.08 bits per heavy atom. The first-order valence-electron chi connectivity index (χ1n) is 3.65. The molecule has 0 amide bonds. The SMILES string of the molecule is Oc1c(Cl)cc(O)c2ncccc12. The Kier molecular flexibility index (Phi) is 1.74. The molecule has 2 aromatic rings. The molecule has 0 fully saturated rings. The summed E-state index contributed by atoms with van der Waals surface area (Å²) in [5.74, 6) is -0.0824. The van der Waals surface area contributed by atoms with Gasteiger partial charge in [-0.15, -0.1) is 0 Å². The van der Waals surface area contributed by atoms with Crippen LogP contribution in [-0.4, -0.2) is 15.2 Å². The van der Waals surface area contributed by atoms with E-state index in [1.54, 1.807) is 12.1 Å². The molecule has 0 unspecified atom stereocenters. The number of aromatic hydroxyl groups is 2. The van der Waals surface area contributed by atoms with Gasteiger partial charge >= 0.3 is 0 Å². The predicted octanol–water partition coefficient (Wildman–Crippen LogP) is 2.30. The van der Waals surface area contributed by atoms with Crippen LogP contribution in [0, 0.1) is 0 Å². The zero-order chi connectivity index (χ0) is 9.42. The van der Waals surface area contributed by atoms with Crippen LogP contribution in [0.4, 0.5) is 0 Å². The molecule has 0 saturated carbocycles. The number of benzene rings is 1. The third-order valence-electron chi connectivity index (χ3n) is 1.80. The Labute approximate surface area is 79.2 Å². The van der Waals surface area contributed by atoms with Crippen molar-refractivity contribution in [3.05, 3.63) is 29.4 Å². The first-order chi connectivity index (χ1) is 6.20. The van der Waals surface area contributed by atoms with Crippen molar-refractivity contribution in [2.45, 2.75) is 0 Å². The van der Waals surface area contributed by atoms with Crippen LogP contribution >= 0.6 is 11.6 Å². The lowest BCUT2D eigenvalue weighted by Gasteiger charge is -2.03. The normalized spacial score (nSPS) is 10.5. The van der Waals surface area contributed by atoms with E-state index < -0.39 is 0 Å². The molecule has 0 aliphatic carbocycles. The summed E-state index contributed by atoms with van der Waals surface area (Å²) in [4.78, 5) is 3.91. The number of hydrogen-bond donors (Lipinski definition) is 2. The fourth-order valence-corrected chi connectivity index (χ4v) is 1.39. The fraction of sp³-hybridized carbons (Fsp3) is 0. The molecule has 2 N–H and O–H groups in total. The van der Waals surface area contributed by atoms with Gasteiger partial charge in [0.05, 0.1) is 5.02 Å². The minimum atomic E-state index is -0.0532. The van der Waals surface area contributed by atoms with Gasteiger partial charge in [0.25, 0.3) is 0 Å². The highest BCUT2D eigenvalue weighted by molar-refractivity contribution is 6.33. The van der Waals surface area contributed by atoms with Crippen molar-refractivity contribution < 1.29 is 10.2 Å². The Hall–Kier alpha value is -1.48. The number of hydrogen-bond acceptors (Lipinski definition) is 3. The van der Waals surface area contributed by atoms with Crippen molar-refractivity contribution in [3.63, 3.8) is 0 Å². The van der Waals surface area contributed by atoms with Crippen LogP contribution < -0.4 is 0 Å². The number of pyridine rings is 1. The smallest absolute Gasteiger partial charge is 0.143 e. The summed E-state index contributed by atoms with van der Waals surface area (Å²) in [7, 11) is 0. The van der Waals surface area contributed by atoms with Gasteiger partial charge < -0.3 is 10.2 Å². The van der Waals surface area contributed by atoms with Crippen molar-refractivity contribution in [1.29, 1.82) is 0 Å². The average molecular weight is 196 g/mol. The van der Waals surface area contributed by atoms with Gasteiger partial charge in [-0.2, -0.15) is 0 Å². The van der Waals surface area contributed by atoms with Crippen molar-refractivity contribution in [3.8, 4) is 11.5 Å². The predicted molar refractivity (Wildman–Crippen MR) is 50.1 cm³/mol. The second kappa shape index (κ2) is 2.78. The van der Waals surface area contributed by atoms with Gasteiger partial charge in [-0.25, -0.2) is 0 Å². The zero-order valence-corrected chi connectivity index (χ0v) is 7.28. The number of halogens is 1. The minimum Gasteiger partial charge on any atom is -0.506 e. The van der Waals surface area contributed by atoms with Crippen LogP contribution in [-0.2, 0) is 0 Å². The molecule has 1 aromatic heterocycles. The summed E-state index contributed by atoms with van der Waals surface area (Å²) in [5, 5.41) is 19.5. The van der Waals surface area contributed by atoms with Crippen LogP contribution in [0.15, 0.2) is 24.4 Å². The molecule has 13 heavy (non-hydrogen) atoms. The highest BCUT2D eigenvalue weighted by atomic mass is 35.5. The van der Waals surface area contributed by atoms with Crippen LogP contribution in [0.3, 0.4) is 0 Å². The van der Waals surface area contributed by atoms with E-state index in [9.17, 15) is 10.2 Å². The molecule has 66 valence electrons. The second-order valence-electron chi connectivity index (χ2n) is 2.63. The van der Waals surface area contributed by atoms with E-state index in [-0.39, 0.29) is 16.5 Å². The van der Waals surface area contributed by atoms with Gasteiger partial charge in [-0.1, -0.05) is 11.6 Å². The van der Waals surface area contributed by atoms with E-state index in [2.05, 4.69) is 4.98 Å². The lowest BCUT2D eigenvalue weighted by atomic mass is 10.2. The van der Waals surface area contributed by atoms with Crippen LogP contribution in [0.2, 0.25) is 5.02 Å². The summed E-state index contributed by atoms with van der Waals surface area (Å²) < 4.78 is 0. The van der Waals surface area contributed by atoms with E-state index in [1.165, 1.54) is 12.3 Å². The highest BCUT2D eigenvalue weighted by Crippen LogP contribution is 2.36. The molecule has 0 atom stereocenters. The highest BCUT2D eigenvalue weighted by Gasteiger charge is 2.09. The molecule has 1 aromatic carbocycles. The zero-order valence-electron chi connectivity index (χ0n) is 6.53. The minimum absolute atomic E-state index is 0.0293. The molecular formula is C9H6ClNO2. The maximum Gasteiger partial charge on any atom is 0.143 e. The molecular weight excluding hydrogens is 190 g/mol. The monoisotopic (exact) mass is 195 g/mol. The molecule has 0 aliphatic rings. The number of aromatic nitrogens is 1. The van der Waals surface area contributed by atoms with Crippen molar-refractivity contribution in [2.75, 3.05) is 0 Å². The number of fused-ring (bicyclic) bond motifs is 1. The third kappa shape index (κ3) is 1.17. The van der Waals surface area contributed by atoms with Crippen LogP contribution in [0.1, 0.15) is 0 Å². The molecule has 3 nitrogen and oxygen atoms in total. The standard InChI is InChI=1S/C9H6ClNO2/c10-6-4-7(12)8-5(9(6)13)2-1-3-11-8/h1-4,12-13H. The van der Waals surface area contributed by atoms with E-state index >= 15 is 0 Å². The first kappa shape index (κ1) is 8.13. The molecule has 0 radical (unpaired) electrons. The molecule has 0 bridgehead atoms. The molecule has 1 heterocycles. The number of nitrogens with zero attached hydrogens (tertiary/aromatic N) is 1. The Morgan fingerprint density at radius 1 is 1.31 bits per heavy atom. The Morgan fingerprint density at radius 3 is 2.85 bits per heavy atom. The maximum atomic E-state index is 9.50. The van der Waals surface area contributed by atoms with Gasteiger partial charge in [0.2, 0.25) is 0 Å². The summed E-state index contributed by atoms with van der Waals surface area (Å²) in [6, 6.07) is 4.58. The largest absolute Gasteiger partial charge is 0.506 e. The number of phenolic OH excluding ortho intramolecular Hbond substituents is 2. The summed E-state index contributed by atoms with van der Waals surface area (Å²) in [6.45, 7) is 0. The molecule has 2 rings (SSSR count). The summed E-state index contributed by atoms with van der Waals surface area (Å²) in [5.41, 5.74) is 0.351. The summed E-state index contributed by atoms with van der Waals surface area (Å²) in [6.07, 6.45) is 1.54. The van der Waals surface area contributed by atoms with Gasteiger partial charge in [-0.05, 0) is 12.1 Å². The lowest BCUT2D eigenvalue weighted by Crippen LogP contribution is -1.80. The van der Waals surface area contributed by atoms with Crippen LogP contribution in [0.25, 0.3) is 10.9 Å². The maximum absolute atomic E-state index is 9.50. The van der Waals surface area contributed by atoms with Crippen molar-refractivity contribution in [2.24, 2.45) is 0 Å². The average Bonchev–Trinajstić information content (AvgIpc) is 2.15. The summed E-state index contributed by atoms with van der Waals surface area (Å²) >= 11 is 5.66. The number of phenols is 2. The van der Waals surface area contributed by atoms with E-state index in [0.29, 0.717) is 10.9 Å². The van der Waals surface area contributed by atoms with Gasteiger partial charge in [0.15, 0.2) is 0 Å². The topological polar surface area (TPSA) is 53.4 Å². The van der Waals surface area contributed by atoms with E-state index in [1.807, 2.05) is 0 Å². The van der Waals surface area contributed by atoms with E-state index in [0.717, 1.165) is 0 Å². The number of rotatable bonds is 0. The molecule has 0 saturated heterocycles.